The fraction of sp³-hybridized carbons (Fsp3) is 0.429. The molecule has 0 aliphatic carbocycles. The molecule has 1 saturated heterocycles. The molecule has 4 nitrogen and oxygen atoms in total. The molecule has 1 aliphatic rings. The van der Waals surface area contributed by atoms with Gasteiger partial charge in [0.05, 0.1) is 16.7 Å². The zero-order valence-electron chi connectivity index (χ0n) is 10.7. The molecule has 19 heavy (non-hydrogen) atoms. The molecule has 2 N–H and O–H groups in total. The van der Waals surface area contributed by atoms with Crippen molar-refractivity contribution in [2.75, 3.05) is 13.1 Å². The van der Waals surface area contributed by atoms with Gasteiger partial charge in [-0.1, -0.05) is 12.1 Å². The number of hydrogen-bond donors (Lipinski definition) is 2. The van der Waals surface area contributed by atoms with E-state index in [1.807, 2.05) is 36.0 Å². The van der Waals surface area contributed by atoms with Crippen LogP contribution in [0.15, 0.2) is 29.1 Å². The number of thioether (sulfide) groups is 1. The maximum absolute atomic E-state index is 11.9. The summed E-state index contributed by atoms with van der Waals surface area (Å²) in [5.74, 6) is 1.57. The van der Waals surface area contributed by atoms with Crippen molar-refractivity contribution < 1.29 is 0 Å². The molecule has 1 aromatic carbocycles. The first-order chi connectivity index (χ1) is 9.33. The SMILES string of the molecule is O=c1[nH]c(CSC2CCNCC2)nc2ccccc12. The summed E-state index contributed by atoms with van der Waals surface area (Å²) in [6, 6.07) is 7.48. The van der Waals surface area contributed by atoms with Crippen molar-refractivity contribution in [1.29, 1.82) is 0 Å². The van der Waals surface area contributed by atoms with Crippen LogP contribution in [-0.2, 0) is 5.75 Å². The Labute approximate surface area is 116 Å². The van der Waals surface area contributed by atoms with Crippen molar-refractivity contribution in [3.63, 3.8) is 0 Å². The predicted octanol–water partition coefficient (Wildman–Crippen LogP) is 1.91. The Morgan fingerprint density at radius 1 is 1.26 bits per heavy atom. The van der Waals surface area contributed by atoms with Crippen molar-refractivity contribution in [3.05, 3.63) is 40.4 Å². The Bertz CT molecular complexity index is 619. The van der Waals surface area contributed by atoms with Crippen LogP contribution < -0.4 is 10.9 Å². The lowest BCUT2D eigenvalue weighted by Gasteiger charge is -2.21. The minimum absolute atomic E-state index is 0.0356. The average Bonchev–Trinajstić information content (AvgIpc) is 2.46. The summed E-state index contributed by atoms with van der Waals surface area (Å²) >= 11 is 1.90. The largest absolute Gasteiger partial charge is 0.317 e. The summed E-state index contributed by atoms with van der Waals surface area (Å²) in [5.41, 5.74) is 0.749. The summed E-state index contributed by atoms with van der Waals surface area (Å²) in [4.78, 5) is 19.4. The van der Waals surface area contributed by atoms with E-state index < -0.39 is 0 Å². The number of hydrogen-bond acceptors (Lipinski definition) is 4. The number of piperidine rings is 1. The highest BCUT2D eigenvalue weighted by Gasteiger charge is 2.14. The molecule has 2 heterocycles. The number of benzene rings is 1. The first kappa shape index (κ1) is 12.7. The lowest BCUT2D eigenvalue weighted by atomic mass is 10.2. The molecular formula is C14H17N3OS. The van der Waals surface area contributed by atoms with Gasteiger partial charge in [-0.2, -0.15) is 11.8 Å². The number of aromatic nitrogens is 2. The van der Waals surface area contributed by atoms with Crippen molar-refractivity contribution >= 4 is 22.7 Å². The van der Waals surface area contributed by atoms with Gasteiger partial charge in [0.15, 0.2) is 0 Å². The highest BCUT2D eigenvalue weighted by molar-refractivity contribution is 7.99. The average molecular weight is 275 g/mol. The Balaban J connectivity index is 1.75. The fourth-order valence-corrected chi connectivity index (χ4v) is 3.46. The van der Waals surface area contributed by atoms with Gasteiger partial charge in [0.25, 0.3) is 5.56 Å². The molecule has 2 aromatic rings. The second kappa shape index (κ2) is 5.75. The molecule has 100 valence electrons. The zero-order chi connectivity index (χ0) is 13.1. The number of H-pyrrole nitrogens is 1. The Hall–Kier alpha value is -1.33. The molecule has 0 atom stereocenters. The van der Waals surface area contributed by atoms with E-state index in [4.69, 9.17) is 0 Å². The minimum Gasteiger partial charge on any atom is -0.317 e. The first-order valence-electron chi connectivity index (χ1n) is 6.63. The van der Waals surface area contributed by atoms with Gasteiger partial charge >= 0.3 is 0 Å². The van der Waals surface area contributed by atoms with Crippen molar-refractivity contribution in [2.24, 2.45) is 0 Å². The third-order valence-electron chi connectivity index (χ3n) is 3.40. The Morgan fingerprint density at radius 2 is 2.05 bits per heavy atom. The molecule has 1 fully saturated rings. The number of aromatic amines is 1. The quantitative estimate of drug-likeness (QED) is 0.898. The summed E-state index contributed by atoms with van der Waals surface area (Å²) in [6.07, 6.45) is 2.39. The molecule has 1 aromatic heterocycles. The second-order valence-corrected chi connectivity index (χ2v) is 6.08. The topological polar surface area (TPSA) is 57.8 Å². The molecule has 0 saturated carbocycles. The third kappa shape index (κ3) is 2.98. The van der Waals surface area contributed by atoms with E-state index in [2.05, 4.69) is 15.3 Å². The van der Waals surface area contributed by atoms with Crippen LogP contribution >= 0.6 is 11.8 Å². The Morgan fingerprint density at radius 3 is 2.89 bits per heavy atom. The van der Waals surface area contributed by atoms with Crippen molar-refractivity contribution in [2.45, 2.75) is 23.8 Å². The highest BCUT2D eigenvalue weighted by atomic mass is 32.2. The second-order valence-electron chi connectivity index (χ2n) is 4.79. The van der Waals surface area contributed by atoms with Gasteiger partial charge in [-0.3, -0.25) is 4.79 Å². The van der Waals surface area contributed by atoms with Crippen molar-refractivity contribution in [1.82, 2.24) is 15.3 Å². The van der Waals surface area contributed by atoms with Gasteiger partial charge < -0.3 is 10.3 Å². The number of rotatable bonds is 3. The van der Waals surface area contributed by atoms with Crippen LogP contribution in [0.5, 0.6) is 0 Å². The molecule has 0 spiro atoms. The van der Waals surface area contributed by atoms with E-state index in [0.717, 1.165) is 30.2 Å². The minimum atomic E-state index is -0.0356. The van der Waals surface area contributed by atoms with Crippen LogP contribution in [0.1, 0.15) is 18.7 Å². The molecule has 5 heteroatoms. The molecule has 1 aliphatic heterocycles. The van der Waals surface area contributed by atoms with Crippen LogP contribution in [0.25, 0.3) is 10.9 Å². The summed E-state index contributed by atoms with van der Waals surface area (Å²) in [5, 5.41) is 4.70. The van der Waals surface area contributed by atoms with Crippen LogP contribution in [0.4, 0.5) is 0 Å². The predicted molar refractivity (Wildman–Crippen MR) is 79.6 cm³/mol. The molecular weight excluding hydrogens is 258 g/mol. The molecule has 0 unspecified atom stereocenters. The van der Waals surface area contributed by atoms with Gasteiger partial charge in [-0.05, 0) is 38.1 Å². The number of nitrogens with one attached hydrogen (secondary N) is 2. The lowest BCUT2D eigenvalue weighted by Crippen LogP contribution is -2.29. The lowest BCUT2D eigenvalue weighted by molar-refractivity contribution is 0.531. The standard InChI is InChI=1S/C14H17N3OS/c18-14-11-3-1-2-4-12(11)16-13(17-14)9-19-10-5-7-15-8-6-10/h1-4,10,15H,5-9H2,(H,16,17,18). The van der Waals surface area contributed by atoms with Gasteiger partial charge in [-0.25, -0.2) is 4.98 Å². The number of para-hydroxylation sites is 1. The smallest absolute Gasteiger partial charge is 0.258 e. The van der Waals surface area contributed by atoms with Crippen LogP contribution in [0, 0.1) is 0 Å². The normalized spacial score (nSPS) is 16.8. The van der Waals surface area contributed by atoms with Gasteiger partial charge in [0, 0.05) is 5.25 Å². The van der Waals surface area contributed by atoms with E-state index in [1.54, 1.807) is 0 Å². The van der Waals surface area contributed by atoms with Crippen LogP contribution in [0.2, 0.25) is 0 Å². The first-order valence-corrected chi connectivity index (χ1v) is 7.68. The third-order valence-corrected chi connectivity index (χ3v) is 4.79. The maximum Gasteiger partial charge on any atom is 0.258 e. The fourth-order valence-electron chi connectivity index (χ4n) is 2.36. The highest BCUT2D eigenvalue weighted by Crippen LogP contribution is 2.23. The number of fused-ring (bicyclic) bond motifs is 1. The molecule has 3 rings (SSSR count). The monoisotopic (exact) mass is 275 g/mol. The molecule has 0 radical (unpaired) electrons. The zero-order valence-corrected chi connectivity index (χ0v) is 11.5. The Kier molecular flexibility index (Phi) is 3.84. The summed E-state index contributed by atoms with van der Waals surface area (Å²) < 4.78 is 0. The van der Waals surface area contributed by atoms with Crippen molar-refractivity contribution in [3.8, 4) is 0 Å². The summed E-state index contributed by atoms with van der Waals surface area (Å²) in [7, 11) is 0. The van der Waals surface area contributed by atoms with E-state index in [9.17, 15) is 4.79 Å². The number of nitrogens with zero attached hydrogens (tertiary/aromatic N) is 1. The van der Waals surface area contributed by atoms with E-state index in [1.165, 1.54) is 12.8 Å². The van der Waals surface area contributed by atoms with Gasteiger partial charge in [0.1, 0.15) is 5.82 Å². The van der Waals surface area contributed by atoms with Crippen LogP contribution in [-0.4, -0.2) is 28.3 Å². The summed E-state index contributed by atoms with van der Waals surface area (Å²) in [6.45, 7) is 2.19. The molecule has 0 bridgehead atoms. The van der Waals surface area contributed by atoms with Gasteiger partial charge in [-0.15, -0.1) is 0 Å². The maximum atomic E-state index is 11.9. The van der Waals surface area contributed by atoms with E-state index in [-0.39, 0.29) is 5.56 Å². The van der Waals surface area contributed by atoms with Crippen LogP contribution in [0.3, 0.4) is 0 Å². The molecule has 0 amide bonds. The van der Waals surface area contributed by atoms with E-state index in [0.29, 0.717) is 10.6 Å². The van der Waals surface area contributed by atoms with Gasteiger partial charge in [0.2, 0.25) is 0 Å². The van der Waals surface area contributed by atoms with E-state index >= 15 is 0 Å².